The number of para-hydroxylation sites is 1. The second kappa shape index (κ2) is 23.6. The van der Waals surface area contributed by atoms with E-state index in [0.717, 1.165) is 22.4 Å². The van der Waals surface area contributed by atoms with Gasteiger partial charge in [0, 0.05) is 17.7 Å². The Morgan fingerprint density at radius 1 is 0.650 bits per heavy atom. The molecular weight excluding hydrogens is 795 g/mol. The summed E-state index contributed by atoms with van der Waals surface area (Å²) in [6.45, 7) is 7.58. The van der Waals surface area contributed by atoms with Crippen molar-refractivity contribution in [1.82, 2.24) is 4.98 Å². The smallest absolute Gasteiger partial charge is 0.330 e. The molecule has 0 spiro atoms. The molecule has 2 fully saturated rings. The van der Waals surface area contributed by atoms with Gasteiger partial charge in [-0.25, -0.2) is 14.6 Å². The average molecular weight is 846 g/mol. The highest BCUT2D eigenvalue weighted by atomic mass is 32.1. The lowest BCUT2D eigenvalue weighted by atomic mass is 9.82. The van der Waals surface area contributed by atoms with Crippen LogP contribution >= 0.6 is 11.3 Å². The minimum Gasteiger partial charge on any atom is -0.465 e. The zero-order chi connectivity index (χ0) is 42.7. The fourth-order valence-electron chi connectivity index (χ4n) is 6.83. The fraction of sp³-hybridized carbons (Fsp3) is 0.455. The van der Waals surface area contributed by atoms with Crippen LogP contribution in [0.15, 0.2) is 72.9 Å². The number of hydrazone groups is 1. The Balaban J connectivity index is 1.13. The first-order valence-corrected chi connectivity index (χ1v) is 21.1. The van der Waals surface area contributed by atoms with Gasteiger partial charge >= 0.3 is 35.8 Å². The lowest BCUT2D eigenvalue weighted by Crippen LogP contribution is -2.30. The lowest BCUT2D eigenvalue weighted by molar-refractivity contribution is -0.152. The van der Waals surface area contributed by atoms with Crippen LogP contribution in [0, 0.1) is 23.7 Å². The number of fused-ring (bicyclic) bond motifs is 1. The molecule has 0 bridgehead atoms. The van der Waals surface area contributed by atoms with Crippen LogP contribution in [0.5, 0.6) is 11.5 Å². The van der Waals surface area contributed by atoms with Gasteiger partial charge in [-0.1, -0.05) is 36.6 Å². The molecule has 320 valence electrons. The van der Waals surface area contributed by atoms with Gasteiger partial charge in [-0.05, 0) is 107 Å². The number of ether oxygens (including phenoxy) is 6. The fourth-order valence-corrected chi connectivity index (χ4v) is 7.65. The molecular formula is C44H51N3O12S. The summed E-state index contributed by atoms with van der Waals surface area (Å²) in [6, 6.07) is 12.4. The molecule has 0 saturated heterocycles. The molecule has 1 N–H and O–H groups in total. The molecule has 15 nitrogen and oxygen atoms in total. The monoisotopic (exact) mass is 845 g/mol. The third-order valence-corrected chi connectivity index (χ3v) is 11.2. The topological polar surface area (TPSA) is 195 Å². The lowest BCUT2D eigenvalue weighted by Gasteiger charge is -2.26. The minimum atomic E-state index is -0.493. The predicted molar refractivity (Wildman–Crippen MR) is 222 cm³/mol. The average Bonchev–Trinajstić information content (AvgIpc) is 3.69. The van der Waals surface area contributed by atoms with Crippen LogP contribution < -0.4 is 14.9 Å². The molecule has 0 atom stereocenters. The Morgan fingerprint density at radius 2 is 1.13 bits per heavy atom. The van der Waals surface area contributed by atoms with Crippen molar-refractivity contribution in [2.45, 2.75) is 77.0 Å². The first-order chi connectivity index (χ1) is 29.1. The van der Waals surface area contributed by atoms with Crippen molar-refractivity contribution in [3.05, 3.63) is 73.3 Å². The molecule has 2 saturated carbocycles. The zero-order valence-corrected chi connectivity index (χ0v) is 34.3. The Kier molecular flexibility index (Phi) is 17.8. The number of carbonyl (C=O) groups is 6. The standard InChI is InChI=1S/C44H51N3O12S/c1-3-38(48)54-23-7-9-25-56-40(50)29-13-17-31(18-14-29)42(52)58-34-21-22-36(33(27-34)28-45-47-44-46-35-11-5-6-12-37(35)60-44)59-43(53)32-19-15-30(16-20-32)41(51)57-26-10-8-24-55-39(49)4-2/h3-6,11-12,21-22,27-32H,1-2,7-10,13-20,23-26H2,(H,46,47)/b45-28+/t29-,30-,31-,32-. The number of anilines is 1. The highest BCUT2D eigenvalue weighted by molar-refractivity contribution is 7.22. The number of carbonyl (C=O) groups excluding carboxylic acids is 6. The van der Waals surface area contributed by atoms with E-state index in [1.54, 1.807) is 18.2 Å². The van der Waals surface area contributed by atoms with Gasteiger partial charge in [-0.2, -0.15) is 5.10 Å². The molecule has 0 radical (unpaired) electrons. The van der Waals surface area contributed by atoms with Crippen LogP contribution in [0.1, 0.15) is 82.6 Å². The SMILES string of the molecule is C=CC(=O)OCCCCOC(=O)[C@H]1CC[C@H](C(=O)Oc2ccc(OC(=O)[C@H]3CC[C@H](C(=O)OCCCCOC(=O)C=C)CC3)c(/C=N/Nc3nc4ccccc4s3)c2)CC1. The Hall–Kier alpha value is -5.90. The van der Waals surface area contributed by atoms with Crippen LogP contribution in [0.4, 0.5) is 5.13 Å². The highest BCUT2D eigenvalue weighted by Gasteiger charge is 2.33. The molecule has 2 aliphatic carbocycles. The highest BCUT2D eigenvalue weighted by Crippen LogP contribution is 2.34. The van der Waals surface area contributed by atoms with Crippen molar-refractivity contribution in [1.29, 1.82) is 0 Å². The first kappa shape index (κ1) is 45.2. The second-order valence-corrected chi connectivity index (χ2v) is 15.5. The van der Waals surface area contributed by atoms with Gasteiger partial charge in [0.2, 0.25) is 5.13 Å². The number of benzene rings is 2. The Bertz CT molecular complexity index is 1980. The van der Waals surface area contributed by atoms with E-state index in [9.17, 15) is 28.8 Å². The molecule has 16 heteroatoms. The van der Waals surface area contributed by atoms with Crippen LogP contribution in [0.25, 0.3) is 10.2 Å². The van der Waals surface area contributed by atoms with Crippen LogP contribution in [-0.4, -0.2) is 73.4 Å². The minimum absolute atomic E-state index is 0.215. The summed E-state index contributed by atoms with van der Waals surface area (Å²) in [5.41, 5.74) is 4.13. The molecule has 1 aromatic heterocycles. The van der Waals surface area contributed by atoms with Gasteiger partial charge < -0.3 is 28.4 Å². The maximum absolute atomic E-state index is 13.4. The van der Waals surface area contributed by atoms with E-state index in [1.165, 1.54) is 17.6 Å². The van der Waals surface area contributed by atoms with Crippen molar-refractivity contribution in [2.24, 2.45) is 28.8 Å². The van der Waals surface area contributed by atoms with Gasteiger partial charge in [-0.3, -0.25) is 24.6 Å². The number of thiazole rings is 1. The van der Waals surface area contributed by atoms with Gasteiger partial charge in [0.05, 0.1) is 66.5 Å². The van der Waals surface area contributed by atoms with E-state index in [4.69, 9.17) is 28.4 Å². The van der Waals surface area contributed by atoms with Crippen LogP contribution in [0.2, 0.25) is 0 Å². The number of esters is 6. The molecule has 1 heterocycles. The van der Waals surface area contributed by atoms with E-state index in [-0.39, 0.29) is 61.7 Å². The van der Waals surface area contributed by atoms with E-state index in [2.05, 4.69) is 28.7 Å². The van der Waals surface area contributed by atoms with Crippen molar-refractivity contribution in [3.63, 3.8) is 0 Å². The zero-order valence-electron chi connectivity index (χ0n) is 33.5. The summed E-state index contributed by atoms with van der Waals surface area (Å²) in [4.78, 5) is 78.8. The summed E-state index contributed by atoms with van der Waals surface area (Å²) in [5, 5.41) is 4.91. The second-order valence-electron chi connectivity index (χ2n) is 14.5. The summed E-state index contributed by atoms with van der Waals surface area (Å²) in [6.07, 6.45) is 9.63. The molecule has 0 aliphatic heterocycles. The first-order valence-electron chi connectivity index (χ1n) is 20.3. The van der Waals surface area contributed by atoms with Crippen molar-refractivity contribution in [2.75, 3.05) is 31.9 Å². The van der Waals surface area contributed by atoms with Crippen molar-refractivity contribution >= 4 is 68.7 Å². The quantitative estimate of drug-likeness (QED) is 0.0214. The number of hydrogen-bond acceptors (Lipinski definition) is 16. The van der Waals surface area contributed by atoms with Gasteiger partial charge in [0.15, 0.2) is 0 Å². The van der Waals surface area contributed by atoms with E-state index >= 15 is 0 Å². The molecule has 3 aromatic rings. The number of nitrogens with zero attached hydrogens (tertiary/aromatic N) is 2. The molecule has 5 rings (SSSR count). The number of aromatic nitrogens is 1. The number of hydrogen-bond donors (Lipinski definition) is 1. The van der Waals surface area contributed by atoms with Crippen LogP contribution in [-0.2, 0) is 47.7 Å². The van der Waals surface area contributed by atoms with E-state index in [0.29, 0.717) is 87.7 Å². The number of nitrogens with one attached hydrogen (secondary N) is 1. The number of rotatable bonds is 21. The maximum atomic E-state index is 13.4. The Labute approximate surface area is 352 Å². The number of unbranched alkanes of at least 4 members (excludes halogenated alkanes) is 2. The van der Waals surface area contributed by atoms with E-state index in [1.807, 2.05) is 24.3 Å². The van der Waals surface area contributed by atoms with Gasteiger partial charge in [0.1, 0.15) is 11.5 Å². The van der Waals surface area contributed by atoms with E-state index < -0.39 is 35.7 Å². The Morgan fingerprint density at radius 3 is 1.65 bits per heavy atom. The molecule has 0 unspecified atom stereocenters. The summed E-state index contributed by atoms with van der Waals surface area (Å²) >= 11 is 1.42. The predicted octanol–water partition coefficient (Wildman–Crippen LogP) is 7.27. The maximum Gasteiger partial charge on any atom is 0.330 e. The third-order valence-electron chi connectivity index (χ3n) is 10.2. The third kappa shape index (κ3) is 14.1. The van der Waals surface area contributed by atoms with Crippen molar-refractivity contribution in [3.8, 4) is 11.5 Å². The summed E-state index contributed by atoms with van der Waals surface area (Å²) in [7, 11) is 0. The normalized spacial score (nSPS) is 18.8. The largest absolute Gasteiger partial charge is 0.465 e. The van der Waals surface area contributed by atoms with Gasteiger partial charge in [-0.15, -0.1) is 0 Å². The summed E-state index contributed by atoms with van der Waals surface area (Å²) in [5.74, 6) is -3.50. The molecule has 60 heavy (non-hydrogen) atoms. The van der Waals surface area contributed by atoms with Gasteiger partial charge in [0.25, 0.3) is 0 Å². The van der Waals surface area contributed by atoms with Crippen LogP contribution in [0.3, 0.4) is 0 Å². The van der Waals surface area contributed by atoms with Crippen molar-refractivity contribution < 1.29 is 57.2 Å². The molecule has 0 amide bonds. The molecule has 2 aliphatic rings. The summed E-state index contributed by atoms with van der Waals surface area (Å²) < 4.78 is 33.4. The molecule has 2 aromatic carbocycles.